The van der Waals surface area contributed by atoms with Crippen LogP contribution in [-0.2, 0) is 0 Å². The van der Waals surface area contributed by atoms with E-state index in [2.05, 4.69) is 0 Å². The zero-order valence-corrected chi connectivity index (χ0v) is 9.96. The highest BCUT2D eigenvalue weighted by Gasteiger charge is 2.27. The molecule has 0 aromatic carbocycles. The molecule has 1 nitrogen and oxygen atoms in total. The molecule has 1 N–H and O–H groups in total. The van der Waals surface area contributed by atoms with Crippen LogP contribution in [-0.4, -0.2) is 11.7 Å². The van der Waals surface area contributed by atoms with Crippen molar-refractivity contribution in [2.24, 2.45) is 17.8 Å². The Kier molecular flexibility index (Phi) is 4.49. The van der Waals surface area contributed by atoms with Crippen molar-refractivity contribution in [1.29, 1.82) is 0 Å². The first-order valence-electron chi connectivity index (χ1n) is 7.01. The Morgan fingerprint density at radius 1 is 0.733 bits per heavy atom. The summed E-state index contributed by atoms with van der Waals surface area (Å²) in [6.45, 7) is 0.402. The molecule has 0 heterocycles. The van der Waals surface area contributed by atoms with Crippen LogP contribution in [0.3, 0.4) is 0 Å². The minimum Gasteiger partial charge on any atom is -0.396 e. The van der Waals surface area contributed by atoms with Gasteiger partial charge in [0.05, 0.1) is 0 Å². The van der Waals surface area contributed by atoms with E-state index < -0.39 is 0 Å². The minimum absolute atomic E-state index is 0.402. The molecule has 0 atom stereocenters. The molecule has 2 saturated carbocycles. The summed E-state index contributed by atoms with van der Waals surface area (Å²) in [7, 11) is 0. The van der Waals surface area contributed by atoms with Gasteiger partial charge in [0, 0.05) is 6.61 Å². The van der Waals surface area contributed by atoms with Crippen molar-refractivity contribution in [2.75, 3.05) is 6.61 Å². The number of hydrogen-bond acceptors (Lipinski definition) is 1. The smallest absolute Gasteiger partial charge is 0.0433 e. The van der Waals surface area contributed by atoms with Gasteiger partial charge in [-0.15, -0.1) is 0 Å². The first kappa shape index (κ1) is 11.4. The van der Waals surface area contributed by atoms with Crippen molar-refractivity contribution in [1.82, 2.24) is 0 Å². The average molecular weight is 210 g/mol. The van der Waals surface area contributed by atoms with Gasteiger partial charge in [-0.25, -0.2) is 0 Å². The minimum atomic E-state index is 0.402. The highest BCUT2D eigenvalue weighted by molar-refractivity contribution is 4.79. The summed E-state index contributed by atoms with van der Waals surface area (Å²) in [5.74, 6) is 2.95. The molecule has 0 bridgehead atoms. The molecule has 1 heteroatoms. The Balaban J connectivity index is 1.72. The number of aliphatic hydroxyl groups excluding tert-OH is 1. The first-order valence-corrected chi connectivity index (χ1v) is 7.01. The summed E-state index contributed by atoms with van der Waals surface area (Å²) in [5, 5.41) is 8.93. The second-order valence-electron chi connectivity index (χ2n) is 5.69. The maximum atomic E-state index is 8.93. The van der Waals surface area contributed by atoms with Crippen LogP contribution in [0.2, 0.25) is 0 Å². The lowest BCUT2D eigenvalue weighted by Gasteiger charge is -2.35. The highest BCUT2D eigenvalue weighted by atomic mass is 16.3. The van der Waals surface area contributed by atoms with E-state index in [0.29, 0.717) is 6.61 Å². The lowest BCUT2D eigenvalue weighted by Crippen LogP contribution is -2.23. The SMILES string of the molecule is OCCC1CCC(C2CCCCC2)CC1. The zero-order chi connectivity index (χ0) is 10.5. The number of aliphatic hydroxyl groups is 1. The van der Waals surface area contributed by atoms with Crippen LogP contribution in [0, 0.1) is 17.8 Å². The summed E-state index contributed by atoms with van der Waals surface area (Å²) >= 11 is 0. The summed E-state index contributed by atoms with van der Waals surface area (Å²) in [4.78, 5) is 0. The number of rotatable bonds is 3. The van der Waals surface area contributed by atoms with Crippen LogP contribution in [0.4, 0.5) is 0 Å². The van der Waals surface area contributed by atoms with Gasteiger partial charge in [0.25, 0.3) is 0 Å². The molecule has 2 aliphatic carbocycles. The van der Waals surface area contributed by atoms with Crippen LogP contribution in [0.5, 0.6) is 0 Å². The summed E-state index contributed by atoms with van der Waals surface area (Å²) in [5.41, 5.74) is 0. The maximum absolute atomic E-state index is 8.93. The van der Waals surface area contributed by atoms with Crippen LogP contribution in [0.15, 0.2) is 0 Å². The van der Waals surface area contributed by atoms with E-state index in [1.54, 1.807) is 0 Å². The molecule has 2 fully saturated rings. The third-order valence-corrected chi connectivity index (χ3v) is 4.75. The molecule has 2 aliphatic rings. The Bertz CT molecular complexity index is 164. The van der Waals surface area contributed by atoms with Crippen LogP contribution < -0.4 is 0 Å². The average Bonchev–Trinajstić information content (AvgIpc) is 2.32. The van der Waals surface area contributed by atoms with Crippen LogP contribution in [0.1, 0.15) is 64.2 Å². The molecule has 0 aromatic heterocycles. The summed E-state index contributed by atoms with van der Waals surface area (Å²) in [6.07, 6.45) is 14.2. The third kappa shape index (κ3) is 3.21. The second-order valence-corrected chi connectivity index (χ2v) is 5.69. The Hall–Kier alpha value is -0.0400. The Morgan fingerprint density at radius 2 is 1.33 bits per heavy atom. The van der Waals surface area contributed by atoms with E-state index in [0.717, 1.165) is 24.2 Å². The predicted octanol–water partition coefficient (Wildman–Crippen LogP) is 3.76. The molecule has 0 saturated heterocycles. The number of hydrogen-bond donors (Lipinski definition) is 1. The van der Waals surface area contributed by atoms with E-state index >= 15 is 0 Å². The molecule has 0 unspecified atom stereocenters. The first-order chi connectivity index (χ1) is 7.40. The molecular weight excluding hydrogens is 184 g/mol. The fraction of sp³-hybridized carbons (Fsp3) is 1.00. The maximum Gasteiger partial charge on any atom is 0.0433 e. The van der Waals surface area contributed by atoms with E-state index in [-0.39, 0.29) is 0 Å². The van der Waals surface area contributed by atoms with Gasteiger partial charge in [-0.2, -0.15) is 0 Å². The molecule has 0 radical (unpaired) electrons. The molecule has 0 aromatic rings. The van der Waals surface area contributed by atoms with Gasteiger partial charge >= 0.3 is 0 Å². The molecule has 0 amide bonds. The van der Waals surface area contributed by atoms with E-state index in [1.807, 2.05) is 0 Å². The van der Waals surface area contributed by atoms with Gasteiger partial charge in [0.2, 0.25) is 0 Å². The van der Waals surface area contributed by atoms with Gasteiger partial charge in [-0.1, -0.05) is 44.9 Å². The molecule has 0 aliphatic heterocycles. The second kappa shape index (κ2) is 5.89. The standard InChI is InChI=1S/C14H26O/c15-11-10-12-6-8-14(9-7-12)13-4-2-1-3-5-13/h12-15H,1-11H2. The topological polar surface area (TPSA) is 20.2 Å². The van der Waals surface area contributed by atoms with E-state index in [4.69, 9.17) is 5.11 Å². The third-order valence-electron chi connectivity index (χ3n) is 4.75. The summed E-state index contributed by atoms with van der Waals surface area (Å²) < 4.78 is 0. The van der Waals surface area contributed by atoms with E-state index in [1.165, 1.54) is 57.8 Å². The quantitative estimate of drug-likeness (QED) is 0.752. The van der Waals surface area contributed by atoms with Crippen molar-refractivity contribution >= 4 is 0 Å². The molecule has 88 valence electrons. The Morgan fingerprint density at radius 3 is 1.93 bits per heavy atom. The fourth-order valence-electron chi connectivity index (χ4n) is 3.74. The largest absolute Gasteiger partial charge is 0.396 e. The molecular formula is C14H26O. The van der Waals surface area contributed by atoms with Crippen molar-refractivity contribution in [3.05, 3.63) is 0 Å². The highest BCUT2D eigenvalue weighted by Crippen LogP contribution is 2.40. The molecule has 2 rings (SSSR count). The lowest BCUT2D eigenvalue weighted by molar-refractivity contribution is 0.149. The molecule has 0 spiro atoms. The van der Waals surface area contributed by atoms with Crippen molar-refractivity contribution in [2.45, 2.75) is 64.2 Å². The van der Waals surface area contributed by atoms with Crippen LogP contribution >= 0.6 is 0 Å². The van der Waals surface area contributed by atoms with Crippen molar-refractivity contribution < 1.29 is 5.11 Å². The Labute approximate surface area is 94.3 Å². The van der Waals surface area contributed by atoms with Gasteiger partial charge < -0.3 is 5.11 Å². The van der Waals surface area contributed by atoms with Gasteiger partial charge in [0.1, 0.15) is 0 Å². The lowest BCUT2D eigenvalue weighted by atomic mass is 9.70. The van der Waals surface area contributed by atoms with Gasteiger partial charge in [-0.05, 0) is 37.0 Å². The fourth-order valence-corrected chi connectivity index (χ4v) is 3.74. The normalized spacial score (nSPS) is 34.2. The van der Waals surface area contributed by atoms with Gasteiger partial charge in [0.15, 0.2) is 0 Å². The van der Waals surface area contributed by atoms with Gasteiger partial charge in [-0.3, -0.25) is 0 Å². The zero-order valence-electron chi connectivity index (χ0n) is 9.96. The van der Waals surface area contributed by atoms with Crippen LogP contribution in [0.25, 0.3) is 0 Å². The monoisotopic (exact) mass is 210 g/mol. The van der Waals surface area contributed by atoms with Crippen molar-refractivity contribution in [3.63, 3.8) is 0 Å². The van der Waals surface area contributed by atoms with Crippen molar-refractivity contribution in [3.8, 4) is 0 Å². The molecule has 15 heavy (non-hydrogen) atoms. The summed E-state index contributed by atoms with van der Waals surface area (Å²) in [6, 6.07) is 0. The van der Waals surface area contributed by atoms with E-state index in [9.17, 15) is 0 Å². The predicted molar refractivity (Wildman–Crippen MR) is 63.7 cm³/mol.